The lowest BCUT2D eigenvalue weighted by Gasteiger charge is -2.05. The number of aryl methyl sites for hydroxylation is 2. The van der Waals surface area contributed by atoms with Crippen molar-refractivity contribution < 1.29 is 0 Å². The second kappa shape index (κ2) is 6.80. The molecule has 0 fully saturated rings. The van der Waals surface area contributed by atoms with Crippen molar-refractivity contribution in [2.75, 3.05) is 5.73 Å². The van der Waals surface area contributed by atoms with Crippen molar-refractivity contribution in [3.8, 4) is 11.1 Å². The zero-order valence-electron chi connectivity index (χ0n) is 12.2. The van der Waals surface area contributed by atoms with Gasteiger partial charge in [-0.2, -0.15) is 5.10 Å². The molecule has 1 aromatic carbocycles. The fourth-order valence-corrected chi connectivity index (χ4v) is 2.64. The van der Waals surface area contributed by atoms with E-state index in [0.717, 1.165) is 34.7 Å². The average Bonchev–Trinajstić information content (AvgIpc) is 2.70. The molecule has 2 N–H and O–H groups in total. The van der Waals surface area contributed by atoms with Crippen LogP contribution in [-0.2, 0) is 13.5 Å². The number of aromatic nitrogens is 2. The SMILES string of the molecule is CCCCCCc1nn(C)c(N)c1-c1cccc(Cl)c1. The molecule has 1 heterocycles. The summed E-state index contributed by atoms with van der Waals surface area (Å²) in [7, 11) is 1.89. The van der Waals surface area contributed by atoms with Gasteiger partial charge in [-0.3, -0.25) is 4.68 Å². The van der Waals surface area contributed by atoms with Crippen LogP contribution in [0.3, 0.4) is 0 Å². The molecule has 4 heteroatoms. The summed E-state index contributed by atoms with van der Waals surface area (Å²) in [5, 5.41) is 5.29. The van der Waals surface area contributed by atoms with Crippen LogP contribution < -0.4 is 5.73 Å². The molecule has 0 spiro atoms. The van der Waals surface area contributed by atoms with Crippen LogP contribution in [0.2, 0.25) is 5.02 Å². The van der Waals surface area contributed by atoms with Crippen molar-refractivity contribution in [1.82, 2.24) is 9.78 Å². The number of rotatable bonds is 6. The van der Waals surface area contributed by atoms with E-state index in [9.17, 15) is 0 Å². The number of anilines is 1. The summed E-state index contributed by atoms with van der Waals surface area (Å²) in [4.78, 5) is 0. The van der Waals surface area contributed by atoms with Crippen LogP contribution in [0.1, 0.15) is 38.3 Å². The fourth-order valence-electron chi connectivity index (χ4n) is 2.45. The van der Waals surface area contributed by atoms with Crippen molar-refractivity contribution in [2.24, 2.45) is 7.05 Å². The first-order valence-electron chi connectivity index (χ1n) is 7.20. The number of halogens is 1. The van der Waals surface area contributed by atoms with Gasteiger partial charge in [-0.25, -0.2) is 0 Å². The van der Waals surface area contributed by atoms with Crippen LogP contribution >= 0.6 is 11.6 Å². The Morgan fingerprint density at radius 1 is 1.25 bits per heavy atom. The summed E-state index contributed by atoms with van der Waals surface area (Å²) >= 11 is 6.08. The highest BCUT2D eigenvalue weighted by Gasteiger charge is 2.15. The molecule has 0 unspecified atom stereocenters. The number of nitrogens with zero attached hydrogens (tertiary/aromatic N) is 2. The summed E-state index contributed by atoms with van der Waals surface area (Å²) in [5.74, 6) is 0.706. The van der Waals surface area contributed by atoms with Crippen LogP contribution in [0, 0.1) is 0 Å². The minimum absolute atomic E-state index is 0.706. The van der Waals surface area contributed by atoms with Gasteiger partial charge in [0.15, 0.2) is 0 Å². The highest BCUT2D eigenvalue weighted by Crippen LogP contribution is 2.31. The molecule has 0 amide bonds. The molecule has 3 nitrogen and oxygen atoms in total. The summed E-state index contributed by atoms with van der Waals surface area (Å²) < 4.78 is 1.76. The highest BCUT2D eigenvalue weighted by molar-refractivity contribution is 6.30. The molecule has 2 rings (SSSR count). The Balaban J connectivity index is 2.27. The second-order valence-corrected chi connectivity index (χ2v) is 5.59. The summed E-state index contributed by atoms with van der Waals surface area (Å²) in [6, 6.07) is 7.81. The van der Waals surface area contributed by atoms with Crippen LogP contribution in [0.5, 0.6) is 0 Å². The van der Waals surface area contributed by atoms with Crippen LogP contribution in [0.4, 0.5) is 5.82 Å². The lowest BCUT2D eigenvalue weighted by Crippen LogP contribution is -1.98. The van der Waals surface area contributed by atoms with E-state index >= 15 is 0 Å². The molecule has 0 radical (unpaired) electrons. The van der Waals surface area contributed by atoms with Crippen molar-refractivity contribution in [1.29, 1.82) is 0 Å². The molecular formula is C16H22ClN3. The van der Waals surface area contributed by atoms with Crippen molar-refractivity contribution in [3.05, 3.63) is 35.0 Å². The largest absolute Gasteiger partial charge is 0.383 e. The maximum atomic E-state index is 6.17. The molecule has 20 heavy (non-hydrogen) atoms. The topological polar surface area (TPSA) is 43.8 Å². The Bertz CT molecular complexity index is 575. The number of benzene rings is 1. The molecule has 108 valence electrons. The van der Waals surface area contributed by atoms with Crippen molar-refractivity contribution >= 4 is 17.4 Å². The molecule has 0 atom stereocenters. The summed E-state index contributed by atoms with van der Waals surface area (Å²) in [6.45, 7) is 2.22. The van der Waals surface area contributed by atoms with Gasteiger partial charge in [0.1, 0.15) is 5.82 Å². The number of unbranched alkanes of at least 4 members (excludes halogenated alkanes) is 3. The van der Waals surface area contributed by atoms with Crippen molar-refractivity contribution in [2.45, 2.75) is 39.0 Å². The van der Waals surface area contributed by atoms with Gasteiger partial charge >= 0.3 is 0 Å². The van der Waals surface area contributed by atoms with E-state index in [1.807, 2.05) is 31.3 Å². The predicted octanol–water partition coefficient (Wildman–Crippen LogP) is 4.45. The lowest BCUT2D eigenvalue weighted by atomic mass is 10.0. The van der Waals surface area contributed by atoms with Gasteiger partial charge in [-0.1, -0.05) is 49.9 Å². The zero-order chi connectivity index (χ0) is 14.5. The third kappa shape index (κ3) is 3.34. The normalized spacial score (nSPS) is 10.9. The van der Waals surface area contributed by atoms with Gasteiger partial charge in [-0.15, -0.1) is 0 Å². The third-order valence-electron chi connectivity index (χ3n) is 3.54. The van der Waals surface area contributed by atoms with Gasteiger partial charge in [0.25, 0.3) is 0 Å². The molecule has 0 saturated heterocycles. The second-order valence-electron chi connectivity index (χ2n) is 5.15. The standard InChI is InChI=1S/C16H22ClN3/c1-3-4-5-6-10-14-15(16(18)20(2)19-14)12-8-7-9-13(17)11-12/h7-9,11H,3-6,10,18H2,1-2H3. The number of hydrogen-bond donors (Lipinski definition) is 1. The van der Waals surface area contributed by atoms with Crippen LogP contribution in [0.15, 0.2) is 24.3 Å². The van der Waals surface area contributed by atoms with E-state index < -0.39 is 0 Å². The van der Waals surface area contributed by atoms with Gasteiger partial charge in [0.05, 0.1) is 5.69 Å². The number of nitrogens with two attached hydrogens (primary N) is 1. The van der Waals surface area contributed by atoms with Gasteiger partial charge in [0.2, 0.25) is 0 Å². The maximum Gasteiger partial charge on any atom is 0.129 e. The first-order valence-corrected chi connectivity index (χ1v) is 7.58. The Labute approximate surface area is 125 Å². The molecule has 0 bridgehead atoms. The quantitative estimate of drug-likeness (QED) is 0.799. The third-order valence-corrected chi connectivity index (χ3v) is 3.78. The van der Waals surface area contributed by atoms with E-state index in [4.69, 9.17) is 17.3 Å². The highest BCUT2D eigenvalue weighted by atomic mass is 35.5. The molecule has 0 saturated carbocycles. The van der Waals surface area contributed by atoms with E-state index in [1.165, 1.54) is 19.3 Å². The smallest absolute Gasteiger partial charge is 0.129 e. The Morgan fingerprint density at radius 2 is 2.05 bits per heavy atom. The number of hydrogen-bond acceptors (Lipinski definition) is 2. The van der Waals surface area contributed by atoms with Crippen molar-refractivity contribution in [3.63, 3.8) is 0 Å². The van der Waals surface area contributed by atoms with E-state index in [2.05, 4.69) is 12.0 Å². The fraction of sp³-hybridized carbons (Fsp3) is 0.438. The Hall–Kier alpha value is -1.48. The van der Waals surface area contributed by atoms with Gasteiger partial charge in [-0.05, 0) is 30.5 Å². The molecule has 0 aliphatic rings. The number of nitrogen functional groups attached to an aromatic ring is 1. The predicted molar refractivity (Wildman–Crippen MR) is 85.9 cm³/mol. The molecule has 0 aliphatic carbocycles. The maximum absolute atomic E-state index is 6.17. The molecule has 0 aliphatic heterocycles. The lowest BCUT2D eigenvalue weighted by molar-refractivity contribution is 0.651. The van der Waals surface area contributed by atoms with Gasteiger partial charge < -0.3 is 5.73 Å². The van der Waals surface area contributed by atoms with E-state index in [1.54, 1.807) is 4.68 Å². The molecule has 2 aromatic rings. The summed E-state index contributed by atoms with van der Waals surface area (Å²) in [6.07, 6.45) is 5.87. The molecular weight excluding hydrogens is 270 g/mol. The molecule has 1 aromatic heterocycles. The minimum Gasteiger partial charge on any atom is -0.383 e. The first-order chi connectivity index (χ1) is 9.63. The van der Waals surface area contributed by atoms with Crippen LogP contribution in [-0.4, -0.2) is 9.78 Å². The Morgan fingerprint density at radius 3 is 2.75 bits per heavy atom. The first kappa shape index (κ1) is 14.9. The van der Waals surface area contributed by atoms with Crippen LogP contribution in [0.25, 0.3) is 11.1 Å². The Kier molecular flexibility index (Phi) is 5.07. The minimum atomic E-state index is 0.706. The monoisotopic (exact) mass is 291 g/mol. The summed E-state index contributed by atoms with van der Waals surface area (Å²) in [5.41, 5.74) is 9.33. The average molecular weight is 292 g/mol. The van der Waals surface area contributed by atoms with Gasteiger partial charge in [0, 0.05) is 17.6 Å². The van der Waals surface area contributed by atoms with E-state index in [0.29, 0.717) is 5.82 Å². The van der Waals surface area contributed by atoms with E-state index in [-0.39, 0.29) is 0 Å². The zero-order valence-corrected chi connectivity index (χ0v) is 13.0.